The SMILES string of the molecule is C=CC(=O)NC1CC(C)(Oc2nc(Nc3cnn(C)c3)nc3[nH]cc(Cl)c23)C1. The standard InChI is InChI=1S/C18H20ClN7O2/c1-4-13(27)22-10-5-18(2,6-10)28-16-14-12(19)8-20-15(14)24-17(25-16)23-11-7-21-26(3)9-11/h4,7-10H,1,5-6H2,2-3H3,(H,22,27)(H2,20,23,24,25). The molecule has 146 valence electrons. The number of aromatic nitrogens is 5. The maximum atomic E-state index is 11.5. The first-order valence-electron chi connectivity index (χ1n) is 8.77. The lowest BCUT2D eigenvalue weighted by atomic mass is 9.77. The first-order chi connectivity index (χ1) is 13.3. The zero-order valence-electron chi connectivity index (χ0n) is 15.5. The van der Waals surface area contributed by atoms with E-state index in [9.17, 15) is 4.79 Å². The van der Waals surface area contributed by atoms with E-state index in [1.807, 2.05) is 20.2 Å². The fourth-order valence-electron chi connectivity index (χ4n) is 3.37. The third-order valence-electron chi connectivity index (χ3n) is 4.64. The van der Waals surface area contributed by atoms with Crippen molar-refractivity contribution in [2.45, 2.75) is 31.4 Å². The van der Waals surface area contributed by atoms with Crippen LogP contribution in [0.4, 0.5) is 11.6 Å². The van der Waals surface area contributed by atoms with Gasteiger partial charge in [-0.3, -0.25) is 9.48 Å². The van der Waals surface area contributed by atoms with Gasteiger partial charge in [-0.1, -0.05) is 18.2 Å². The Morgan fingerprint density at radius 3 is 2.96 bits per heavy atom. The summed E-state index contributed by atoms with van der Waals surface area (Å²) in [6, 6.07) is 0.0440. The number of ether oxygens (including phenoxy) is 1. The van der Waals surface area contributed by atoms with Gasteiger partial charge in [-0.05, 0) is 13.0 Å². The summed E-state index contributed by atoms with van der Waals surface area (Å²) in [5, 5.41) is 11.2. The van der Waals surface area contributed by atoms with Crippen molar-refractivity contribution in [1.82, 2.24) is 30.0 Å². The maximum Gasteiger partial charge on any atom is 0.243 e. The quantitative estimate of drug-likeness (QED) is 0.548. The van der Waals surface area contributed by atoms with E-state index < -0.39 is 5.60 Å². The molecule has 1 saturated carbocycles. The third kappa shape index (κ3) is 3.53. The number of rotatable bonds is 6. The van der Waals surface area contributed by atoms with E-state index in [1.165, 1.54) is 6.08 Å². The van der Waals surface area contributed by atoms with E-state index in [2.05, 4.69) is 37.3 Å². The number of hydrogen-bond donors (Lipinski definition) is 3. The first-order valence-corrected chi connectivity index (χ1v) is 9.15. The molecule has 1 amide bonds. The topological polar surface area (TPSA) is 110 Å². The lowest BCUT2D eigenvalue weighted by Gasteiger charge is -2.44. The average Bonchev–Trinajstić information content (AvgIpc) is 3.19. The van der Waals surface area contributed by atoms with Crippen LogP contribution in [-0.4, -0.2) is 42.3 Å². The predicted octanol–water partition coefficient (Wildman–Crippen LogP) is 2.69. The predicted molar refractivity (Wildman–Crippen MR) is 106 cm³/mol. The van der Waals surface area contributed by atoms with Crippen LogP contribution in [0.1, 0.15) is 19.8 Å². The molecule has 0 radical (unpaired) electrons. The number of halogens is 1. The number of amides is 1. The summed E-state index contributed by atoms with van der Waals surface area (Å²) in [7, 11) is 1.83. The number of carbonyl (C=O) groups excluding carboxylic acids is 1. The van der Waals surface area contributed by atoms with Crippen LogP contribution in [0.2, 0.25) is 5.02 Å². The number of aromatic amines is 1. The van der Waals surface area contributed by atoms with Crippen molar-refractivity contribution in [3.63, 3.8) is 0 Å². The van der Waals surface area contributed by atoms with Crippen LogP contribution in [0.5, 0.6) is 5.88 Å². The number of nitrogens with zero attached hydrogens (tertiary/aromatic N) is 4. The van der Waals surface area contributed by atoms with Crippen LogP contribution < -0.4 is 15.4 Å². The summed E-state index contributed by atoms with van der Waals surface area (Å²) < 4.78 is 7.90. The number of carbonyl (C=O) groups is 1. The van der Waals surface area contributed by atoms with E-state index >= 15 is 0 Å². The molecule has 10 heteroatoms. The maximum absolute atomic E-state index is 11.5. The molecule has 0 saturated heterocycles. The monoisotopic (exact) mass is 401 g/mol. The van der Waals surface area contributed by atoms with Gasteiger partial charge in [0.15, 0.2) is 0 Å². The summed E-state index contributed by atoms with van der Waals surface area (Å²) in [4.78, 5) is 23.5. The molecular weight excluding hydrogens is 382 g/mol. The van der Waals surface area contributed by atoms with E-state index in [-0.39, 0.29) is 11.9 Å². The molecule has 0 unspecified atom stereocenters. The van der Waals surface area contributed by atoms with E-state index in [1.54, 1.807) is 17.1 Å². The Morgan fingerprint density at radius 2 is 2.29 bits per heavy atom. The molecular formula is C18H20ClN7O2. The minimum atomic E-state index is -0.466. The van der Waals surface area contributed by atoms with E-state index in [4.69, 9.17) is 16.3 Å². The van der Waals surface area contributed by atoms with Crippen LogP contribution >= 0.6 is 11.6 Å². The van der Waals surface area contributed by atoms with Gasteiger partial charge in [0.05, 0.1) is 22.3 Å². The van der Waals surface area contributed by atoms with Gasteiger partial charge in [0, 0.05) is 38.3 Å². The van der Waals surface area contributed by atoms with Gasteiger partial charge < -0.3 is 20.4 Å². The average molecular weight is 402 g/mol. The van der Waals surface area contributed by atoms with Crippen LogP contribution in [-0.2, 0) is 11.8 Å². The van der Waals surface area contributed by atoms with Gasteiger partial charge in [-0.15, -0.1) is 0 Å². The van der Waals surface area contributed by atoms with Gasteiger partial charge in [-0.25, -0.2) is 0 Å². The largest absolute Gasteiger partial charge is 0.471 e. The van der Waals surface area contributed by atoms with Gasteiger partial charge in [-0.2, -0.15) is 15.1 Å². The highest BCUT2D eigenvalue weighted by molar-refractivity contribution is 6.35. The summed E-state index contributed by atoms with van der Waals surface area (Å²) in [6.07, 6.45) is 7.72. The molecule has 3 aromatic rings. The molecule has 3 aromatic heterocycles. The molecule has 3 N–H and O–H groups in total. The number of H-pyrrole nitrogens is 1. The zero-order chi connectivity index (χ0) is 19.9. The minimum Gasteiger partial charge on any atom is -0.471 e. The minimum absolute atomic E-state index is 0.0440. The van der Waals surface area contributed by atoms with Crippen LogP contribution in [0.15, 0.2) is 31.2 Å². The molecule has 0 aromatic carbocycles. The highest BCUT2D eigenvalue weighted by atomic mass is 35.5. The molecule has 1 fully saturated rings. The second-order valence-corrected chi connectivity index (χ2v) is 7.52. The van der Waals surface area contributed by atoms with Gasteiger partial charge in [0.2, 0.25) is 17.7 Å². The molecule has 0 aliphatic heterocycles. The van der Waals surface area contributed by atoms with Crippen LogP contribution in [0.25, 0.3) is 11.0 Å². The third-order valence-corrected chi connectivity index (χ3v) is 4.94. The highest BCUT2D eigenvalue weighted by Gasteiger charge is 2.44. The Hall–Kier alpha value is -3.07. The second-order valence-electron chi connectivity index (χ2n) is 7.11. The molecule has 28 heavy (non-hydrogen) atoms. The van der Waals surface area contributed by atoms with Crippen molar-refractivity contribution in [2.75, 3.05) is 5.32 Å². The van der Waals surface area contributed by atoms with E-state index in [0.717, 1.165) is 5.69 Å². The van der Waals surface area contributed by atoms with Crippen molar-refractivity contribution in [3.05, 3.63) is 36.3 Å². The lowest BCUT2D eigenvalue weighted by molar-refractivity contribution is -0.119. The van der Waals surface area contributed by atoms with E-state index in [0.29, 0.717) is 40.7 Å². The fourth-order valence-corrected chi connectivity index (χ4v) is 3.59. The Kier molecular flexibility index (Phi) is 4.46. The number of hydrogen-bond acceptors (Lipinski definition) is 6. The summed E-state index contributed by atoms with van der Waals surface area (Å²) in [5.41, 5.74) is 0.861. The second kappa shape index (κ2) is 6.83. The Morgan fingerprint density at radius 1 is 1.50 bits per heavy atom. The van der Waals surface area contributed by atoms with Crippen molar-refractivity contribution < 1.29 is 9.53 Å². The van der Waals surface area contributed by atoms with Gasteiger partial charge in [0.1, 0.15) is 11.2 Å². The molecule has 1 aliphatic rings. The van der Waals surface area contributed by atoms with Crippen LogP contribution in [0.3, 0.4) is 0 Å². The van der Waals surface area contributed by atoms with Crippen molar-refractivity contribution in [3.8, 4) is 5.88 Å². The molecule has 0 spiro atoms. The molecule has 9 nitrogen and oxygen atoms in total. The lowest BCUT2D eigenvalue weighted by Crippen LogP contribution is -2.56. The highest BCUT2D eigenvalue weighted by Crippen LogP contribution is 2.40. The van der Waals surface area contributed by atoms with Crippen molar-refractivity contribution in [1.29, 1.82) is 0 Å². The Labute approximate surface area is 166 Å². The smallest absolute Gasteiger partial charge is 0.243 e. The number of nitrogens with one attached hydrogen (secondary N) is 3. The van der Waals surface area contributed by atoms with Gasteiger partial charge in [0.25, 0.3) is 0 Å². The first kappa shape index (κ1) is 18.3. The molecule has 0 bridgehead atoms. The molecule has 3 heterocycles. The number of fused-ring (bicyclic) bond motifs is 1. The zero-order valence-corrected chi connectivity index (χ0v) is 16.2. The van der Waals surface area contributed by atoms with Crippen molar-refractivity contribution >= 4 is 40.2 Å². The summed E-state index contributed by atoms with van der Waals surface area (Å²) in [6.45, 7) is 5.45. The number of anilines is 2. The molecule has 1 aliphatic carbocycles. The Balaban J connectivity index is 1.58. The normalized spacial score (nSPS) is 21.2. The molecule has 4 rings (SSSR count). The van der Waals surface area contributed by atoms with Crippen molar-refractivity contribution in [2.24, 2.45) is 7.05 Å². The number of aryl methyl sites for hydroxylation is 1. The summed E-state index contributed by atoms with van der Waals surface area (Å²) in [5.74, 6) is 0.570. The Bertz CT molecular complexity index is 1050. The fraction of sp³-hybridized carbons (Fsp3) is 0.333. The molecule has 0 atom stereocenters. The van der Waals surface area contributed by atoms with Gasteiger partial charge >= 0.3 is 0 Å². The van der Waals surface area contributed by atoms with Crippen LogP contribution in [0, 0.1) is 0 Å². The summed E-state index contributed by atoms with van der Waals surface area (Å²) >= 11 is 6.31.